The predicted molar refractivity (Wildman–Crippen MR) is 118 cm³/mol. The Balaban J connectivity index is 1.79. The molecule has 176 valence electrons. The van der Waals surface area contributed by atoms with Crippen LogP contribution in [0.5, 0.6) is 0 Å². The van der Waals surface area contributed by atoms with Gasteiger partial charge in [0.2, 0.25) is 5.78 Å². The topological polar surface area (TPSA) is 101 Å². The third-order valence-corrected chi connectivity index (χ3v) is 11.0. The summed E-state index contributed by atoms with van der Waals surface area (Å²) < 4.78 is 19.4. The highest BCUT2D eigenvalue weighted by atomic mass is 79.9. The van der Waals surface area contributed by atoms with Gasteiger partial charge in [-0.3, -0.25) is 14.4 Å². The van der Waals surface area contributed by atoms with E-state index in [2.05, 4.69) is 15.9 Å². The molecule has 0 radical (unpaired) electrons. The molecule has 8 heteroatoms. The van der Waals surface area contributed by atoms with Crippen molar-refractivity contribution in [1.29, 1.82) is 0 Å². The van der Waals surface area contributed by atoms with Gasteiger partial charge in [0.15, 0.2) is 12.4 Å². The Kier molecular flexibility index (Phi) is 5.43. The molecule has 0 aliphatic heterocycles. The fraction of sp³-hybridized carbons (Fsp3) is 0.708. The molecule has 32 heavy (non-hydrogen) atoms. The lowest BCUT2D eigenvalue weighted by atomic mass is 9.45. The number of ether oxygens (including phenoxy) is 1. The number of aliphatic hydroxyl groups is 2. The normalized spacial score (nSPS) is 49.6. The van der Waals surface area contributed by atoms with Gasteiger partial charge in [-0.25, -0.2) is 4.39 Å². The Morgan fingerprint density at radius 3 is 2.56 bits per heavy atom. The summed E-state index contributed by atoms with van der Waals surface area (Å²) in [5.41, 5.74) is -3.43. The minimum Gasteiger partial charge on any atom is -0.458 e. The van der Waals surface area contributed by atoms with Gasteiger partial charge in [0.25, 0.3) is 0 Å². The minimum absolute atomic E-state index is 0.0754. The van der Waals surface area contributed by atoms with E-state index >= 15 is 4.39 Å². The lowest BCUT2D eigenvalue weighted by molar-refractivity contribution is -0.182. The molecule has 0 aromatic carbocycles. The van der Waals surface area contributed by atoms with Gasteiger partial charge in [0.05, 0.1) is 10.4 Å². The number of Topliss-reactive ketones (excluding diaryl/α,β-unsaturated/α-hetero) is 1. The summed E-state index contributed by atoms with van der Waals surface area (Å²) in [5.74, 6) is -2.62. The van der Waals surface area contributed by atoms with Crippen molar-refractivity contribution in [3.63, 3.8) is 0 Å². The van der Waals surface area contributed by atoms with Crippen molar-refractivity contribution >= 4 is 33.5 Å². The van der Waals surface area contributed by atoms with E-state index in [0.29, 0.717) is 12.0 Å². The van der Waals surface area contributed by atoms with Crippen LogP contribution in [0, 0.1) is 28.6 Å². The maximum absolute atomic E-state index is 15.5. The molecule has 3 fully saturated rings. The molecule has 6 nitrogen and oxygen atoms in total. The van der Waals surface area contributed by atoms with Gasteiger partial charge in [-0.2, -0.15) is 0 Å². The van der Waals surface area contributed by atoms with Crippen molar-refractivity contribution in [1.82, 2.24) is 0 Å². The quantitative estimate of drug-likeness (QED) is 0.445. The first-order valence-corrected chi connectivity index (χ1v) is 11.9. The maximum Gasteiger partial charge on any atom is 0.303 e. The van der Waals surface area contributed by atoms with E-state index in [1.165, 1.54) is 19.1 Å². The molecule has 4 aliphatic rings. The van der Waals surface area contributed by atoms with Crippen molar-refractivity contribution in [3.8, 4) is 0 Å². The largest absolute Gasteiger partial charge is 0.458 e. The predicted octanol–water partition coefficient (Wildman–Crippen LogP) is 2.84. The van der Waals surface area contributed by atoms with Gasteiger partial charge in [0.1, 0.15) is 11.8 Å². The first-order valence-electron chi connectivity index (χ1n) is 11.1. The molecule has 0 heterocycles. The van der Waals surface area contributed by atoms with Crippen LogP contribution < -0.4 is 0 Å². The average Bonchev–Trinajstić information content (AvgIpc) is 2.91. The van der Waals surface area contributed by atoms with Crippen molar-refractivity contribution in [3.05, 3.63) is 23.8 Å². The van der Waals surface area contributed by atoms with Crippen molar-refractivity contribution in [2.45, 2.75) is 69.2 Å². The summed E-state index contributed by atoms with van der Waals surface area (Å²) in [7, 11) is 0. The fourth-order valence-corrected chi connectivity index (χ4v) is 8.44. The molecular formula is C24H30BrFO6. The van der Waals surface area contributed by atoms with Gasteiger partial charge in [-0.05, 0) is 54.7 Å². The van der Waals surface area contributed by atoms with Gasteiger partial charge < -0.3 is 14.9 Å². The number of halogens is 2. The second kappa shape index (κ2) is 7.31. The molecule has 0 saturated heterocycles. The number of rotatable bonds is 3. The van der Waals surface area contributed by atoms with E-state index in [1.54, 1.807) is 19.9 Å². The molecule has 0 aromatic rings. The van der Waals surface area contributed by atoms with Crippen LogP contribution in [0.15, 0.2) is 23.8 Å². The molecule has 0 aromatic heterocycles. The SMILES string of the molecule is CC(=O)OCC(=O)[C@@]1(O)[C@H](C)C[C@@H]2[C@@H]3C[C@H](F)C4=CC(=O)C=C[C@]4(C)[C@@]3(Br)[C@@H](O)C[C@]21C. The highest BCUT2D eigenvalue weighted by molar-refractivity contribution is 9.10. The van der Waals surface area contributed by atoms with Crippen molar-refractivity contribution in [2.24, 2.45) is 28.6 Å². The number of ketones is 2. The van der Waals surface area contributed by atoms with Gasteiger partial charge in [-0.1, -0.05) is 42.8 Å². The molecule has 0 bridgehead atoms. The number of aliphatic hydroxyl groups excluding tert-OH is 1. The van der Waals surface area contributed by atoms with Crippen LogP contribution in [0.25, 0.3) is 0 Å². The van der Waals surface area contributed by atoms with E-state index in [4.69, 9.17) is 4.74 Å². The van der Waals surface area contributed by atoms with Crippen LogP contribution in [-0.4, -0.2) is 56.6 Å². The van der Waals surface area contributed by atoms with Crippen molar-refractivity contribution < 1.29 is 33.7 Å². The minimum atomic E-state index is -1.82. The first kappa shape index (κ1) is 23.8. The highest BCUT2D eigenvalue weighted by Crippen LogP contribution is 2.72. The molecule has 2 N–H and O–H groups in total. The lowest BCUT2D eigenvalue weighted by Crippen LogP contribution is -2.70. The number of alkyl halides is 2. The zero-order valence-corrected chi connectivity index (χ0v) is 20.3. The zero-order chi connectivity index (χ0) is 23.9. The summed E-state index contributed by atoms with van der Waals surface area (Å²) >= 11 is 3.83. The Hall–Kier alpha value is -1.38. The number of esters is 1. The Labute approximate surface area is 195 Å². The molecule has 3 saturated carbocycles. The lowest BCUT2D eigenvalue weighted by Gasteiger charge is -2.64. The van der Waals surface area contributed by atoms with Crippen LogP contribution >= 0.6 is 15.9 Å². The number of carbonyl (C=O) groups is 3. The van der Waals surface area contributed by atoms with Crippen LogP contribution in [-0.2, 0) is 19.1 Å². The Bertz CT molecular complexity index is 947. The van der Waals surface area contributed by atoms with Crippen LogP contribution in [0.2, 0.25) is 0 Å². The van der Waals surface area contributed by atoms with E-state index in [0.717, 1.165) is 0 Å². The number of fused-ring (bicyclic) bond motifs is 5. The van der Waals surface area contributed by atoms with Gasteiger partial charge >= 0.3 is 5.97 Å². The first-order chi connectivity index (χ1) is 14.7. The van der Waals surface area contributed by atoms with Crippen LogP contribution in [0.4, 0.5) is 4.39 Å². The van der Waals surface area contributed by atoms with E-state index in [1.807, 2.05) is 6.92 Å². The molecular weight excluding hydrogens is 483 g/mol. The van der Waals surface area contributed by atoms with E-state index in [-0.39, 0.29) is 24.5 Å². The standard InChI is InChI=1S/C24H30BrFO6/c1-12-7-15-16-9-18(26)17-8-14(28)5-6-21(17,3)23(16,25)19(29)10-22(15,4)24(12,31)20(30)11-32-13(2)27/h5-6,8,12,15-16,18-19,29,31H,7,9-11H2,1-4H3/t12-,15-,16+,18+,19+,21+,22-,23+,24+/m1/s1. The summed E-state index contributed by atoms with van der Waals surface area (Å²) in [6.45, 7) is 6.04. The van der Waals surface area contributed by atoms with Gasteiger partial charge in [-0.15, -0.1) is 0 Å². The maximum atomic E-state index is 15.5. The molecule has 0 unspecified atom stereocenters. The molecule has 4 rings (SSSR count). The van der Waals surface area contributed by atoms with Crippen LogP contribution in [0.3, 0.4) is 0 Å². The summed E-state index contributed by atoms with van der Waals surface area (Å²) in [5, 5.41) is 23.3. The molecule has 0 spiro atoms. The third-order valence-electron chi connectivity index (χ3n) is 9.04. The number of hydrogen-bond acceptors (Lipinski definition) is 6. The number of carbonyl (C=O) groups excluding carboxylic acids is 3. The Morgan fingerprint density at radius 2 is 1.94 bits per heavy atom. The van der Waals surface area contributed by atoms with Crippen LogP contribution in [0.1, 0.15) is 47.0 Å². The highest BCUT2D eigenvalue weighted by Gasteiger charge is 2.75. The summed E-state index contributed by atoms with van der Waals surface area (Å²) in [4.78, 5) is 36.4. The van der Waals surface area contributed by atoms with Gasteiger partial charge in [0, 0.05) is 17.8 Å². The van der Waals surface area contributed by atoms with E-state index < -0.39 is 63.2 Å². The van der Waals surface area contributed by atoms with Crippen molar-refractivity contribution in [2.75, 3.05) is 6.61 Å². The van der Waals surface area contributed by atoms with E-state index in [9.17, 15) is 24.6 Å². The zero-order valence-electron chi connectivity index (χ0n) is 18.7. The molecule has 0 amide bonds. The smallest absolute Gasteiger partial charge is 0.303 e. The number of allylic oxidation sites excluding steroid dienone is 4. The Morgan fingerprint density at radius 1 is 1.28 bits per heavy atom. The average molecular weight is 513 g/mol. The molecule has 4 aliphatic carbocycles. The monoisotopic (exact) mass is 512 g/mol. The molecule has 9 atom stereocenters. The second-order valence-electron chi connectivity index (χ2n) is 10.5. The number of hydrogen-bond donors (Lipinski definition) is 2. The summed E-state index contributed by atoms with van der Waals surface area (Å²) in [6.07, 6.45) is 2.68. The fourth-order valence-electron chi connectivity index (χ4n) is 7.41. The second-order valence-corrected chi connectivity index (χ2v) is 11.8. The summed E-state index contributed by atoms with van der Waals surface area (Å²) in [6, 6.07) is 0. The third kappa shape index (κ3) is 2.78.